The molecule has 0 aliphatic carbocycles. The van der Waals surface area contributed by atoms with E-state index in [0.29, 0.717) is 10.6 Å². The predicted molar refractivity (Wildman–Crippen MR) is 125 cm³/mol. The first kappa shape index (κ1) is 23.1. The van der Waals surface area contributed by atoms with E-state index in [0.717, 1.165) is 29.9 Å². The molecule has 1 unspecified atom stereocenters. The van der Waals surface area contributed by atoms with Crippen LogP contribution in [0.5, 0.6) is 0 Å². The van der Waals surface area contributed by atoms with Gasteiger partial charge in [0, 0.05) is 23.8 Å². The number of esters is 1. The normalized spacial score (nSPS) is 15.5. The molecule has 1 N–H and O–H groups in total. The number of benzene rings is 2. The van der Waals surface area contributed by atoms with Crippen LogP contribution >= 0.6 is 11.6 Å². The second-order valence-electron chi connectivity index (χ2n) is 8.11. The minimum atomic E-state index is -0.387. The lowest BCUT2D eigenvalue weighted by molar-refractivity contribution is -0.121. The Balaban J connectivity index is 1.69. The van der Waals surface area contributed by atoms with Crippen LogP contribution < -0.4 is 10.2 Å². The molecule has 1 fully saturated rings. The van der Waals surface area contributed by atoms with Crippen molar-refractivity contribution in [1.29, 1.82) is 0 Å². The van der Waals surface area contributed by atoms with Crippen LogP contribution in [0.4, 0.5) is 5.69 Å². The maximum atomic E-state index is 12.7. The first-order valence-electron chi connectivity index (χ1n) is 11.0. The van der Waals surface area contributed by atoms with E-state index < -0.39 is 0 Å². The lowest BCUT2D eigenvalue weighted by Crippen LogP contribution is -2.32. The third-order valence-corrected chi connectivity index (χ3v) is 6.01. The fourth-order valence-corrected chi connectivity index (χ4v) is 4.26. The summed E-state index contributed by atoms with van der Waals surface area (Å²) in [5.74, 6) is -0.459. The molecule has 0 aromatic heterocycles. The first-order valence-corrected chi connectivity index (χ1v) is 11.4. The van der Waals surface area contributed by atoms with E-state index in [4.69, 9.17) is 16.3 Å². The fourth-order valence-electron chi connectivity index (χ4n) is 4.08. The van der Waals surface area contributed by atoms with Gasteiger partial charge in [-0.15, -0.1) is 0 Å². The number of amides is 1. The van der Waals surface area contributed by atoms with Gasteiger partial charge in [-0.25, -0.2) is 4.79 Å². The molecule has 1 atom stereocenters. The van der Waals surface area contributed by atoms with Crippen molar-refractivity contribution < 1.29 is 14.3 Å². The number of ether oxygens (including phenoxy) is 1. The van der Waals surface area contributed by atoms with E-state index >= 15 is 0 Å². The van der Waals surface area contributed by atoms with Crippen LogP contribution in [0.15, 0.2) is 42.5 Å². The van der Waals surface area contributed by atoms with Crippen molar-refractivity contribution in [3.8, 4) is 0 Å². The fraction of sp³-hybridized carbons (Fsp3) is 0.440. The molecule has 2 aromatic carbocycles. The van der Waals surface area contributed by atoms with Crippen LogP contribution in [0.1, 0.15) is 66.6 Å². The molecule has 1 amide bonds. The number of methoxy groups -OCH3 is 1. The van der Waals surface area contributed by atoms with Gasteiger partial charge in [-0.1, -0.05) is 43.0 Å². The molecule has 2 aromatic rings. The van der Waals surface area contributed by atoms with Crippen LogP contribution in [0.25, 0.3) is 0 Å². The number of hydrogen-bond acceptors (Lipinski definition) is 4. The average Bonchev–Trinajstić information content (AvgIpc) is 2.74. The smallest absolute Gasteiger partial charge is 0.337 e. The van der Waals surface area contributed by atoms with Gasteiger partial charge in [0.05, 0.1) is 25.1 Å². The van der Waals surface area contributed by atoms with Crippen LogP contribution in [-0.2, 0) is 16.0 Å². The van der Waals surface area contributed by atoms with Crippen LogP contribution in [-0.4, -0.2) is 32.1 Å². The topological polar surface area (TPSA) is 58.6 Å². The number of halogens is 1. The van der Waals surface area contributed by atoms with E-state index in [2.05, 4.69) is 16.3 Å². The zero-order chi connectivity index (χ0) is 22.2. The number of nitrogens with one attached hydrogen (secondary N) is 1. The van der Waals surface area contributed by atoms with Crippen molar-refractivity contribution in [3.05, 3.63) is 64.2 Å². The summed E-state index contributed by atoms with van der Waals surface area (Å²) >= 11 is 6.31. The molecule has 1 aliphatic rings. The summed E-state index contributed by atoms with van der Waals surface area (Å²) in [6, 6.07) is 12.7. The molecule has 1 aliphatic heterocycles. The van der Waals surface area contributed by atoms with Crippen molar-refractivity contribution >= 4 is 29.2 Å². The minimum Gasteiger partial charge on any atom is -0.465 e. The Kier molecular flexibility index (Phi) is 8.35. The molecular formula is C25H31ClN2O3. The molecule has 31 heavy (non-hydrogen) atoms. The Morgan fingerprint density at radius 2 is 1.68 bits per heavy atom. The molecule has 3 rings (SSSR count). The highest BCUT2D eigenvalue weighted by Crippen LogP contribution is 2.31. The average molecular weight is 443 g/mol. The van der Waals surface area contributed by atoms with E-state index in [1.807, 2.05) is 19.1 Å². The van der Waals surface area contributed by atoms with Crippen molar-refractivity contribution in [3.63, 3.8) is 0 Å². The molecule has 0 bridgehead atoms. The minimum absolute atomic E-state index is 0.0723. The largest absolute Gasteiger partial charge is 0.465 e. The van der Waals surface area contributed by atoms with Crippen molar-refractivity contribution in [2.24, 2.45) is 0 Å². The van der Waals surface area contributed by atoms with Gasteiger partial charge in [0.1, 0.15) is 0 Å². The third kappa shape index (κ3) is 6.47. The highest BCUT2D eigenvalue weighted by atomic mass is 35.5. The first-order chi connectivity index (χ1) is 15.0. The number of carbonyl (C=O) groups excluding carboxylic acids is 2. The second-order valence-corrected chi connectivity index (χ2v) is 8.55. The van der Waals surface area contributed by atoms with Crippen molar-refractivity contribution in [1.82, 2.24) is 5.32 Å². The third-order valence-electron chi connectivity index (χ3n) is 5.77. The Morgan fingerprint density at radius 1 is 1.03 bits per heavy atom. The van der Waals surface area contributed by atoms with Crippen molar-refractivity contribution in [2.45, 2.75) is 51.5 Å². The monoisotopic (exact) mass is 442 g/mol. The number of anilines is 1. The van der Waals surface area contributed by atoms with Gasteiger partial charge < -0.3 is 15.0 Å². The molecule has 0 radical (unpaired) electrons. The molecule has 0 spiro atoms. The molecular weight excluding hydrogens is 412 g/mol. The predicted octanol–water partition coefficient (Wildman–Crippen LogP) is 5.32. The standard InChI is InChI=1S/C25H31ClN2O3/c1-18(27-24(29)16-19-8-10-20(11-9-19)25(30)31-2)22-17-21(26)12-13-23(22)28-14-6-4-3-5-7-15-28/h8-13,17-18H,3-7,14-16H2,1-2H3,(H,27,29). The number of hydrogen-bond donors (Lipinski definition) is 1. The van der Waals surface area contributed by atoms with Gasteiger partial charge in [0.15, 0.2) is 0 Å². The number of carbonyl (C=O) groups is 2. The molecule has 5 nitrogen and oxygen atoms in total. The summed E-state index contributed by atoms with van der Waals surface area (Å²) in [5, 5.41) is 3.78. The van der Waals surface area contributed by atoms with E-state index in [1.54, 1.807) is 24.3 Å². The maximum Gasteiger partial charge on any atom is 0.337 e. The summed E-state index contributed by atoms with van der Waals surface area (Å²) < 4.78 is 4.71. The Labute approximate surface area is 189 Å². The van der Waals surface area contributed by atoms with E-state index in [-0.39, 0.29) is 24.3 Å². The highest BCUT2D eigenvalue weighted by Gasteiger charge is 2.19. The molecule has 1 saturated heterocycles. The van der Waals surface area contributed by atoms with Crippen LogP contribution in [0.3, 0.4) is 0 Å². The van der Waals surface area contributed by atoms with Crippen LogP contribution in [0.2, 0.25) is 5.02 Å². The van der Waals surface area contributed by atoms with Crippen molar-refractivity contribution in [2.75, 3.05) is 25.1 Å². The van der Waals surface area contributed by atoms with Crippen LogP contribution in [0, 0.1) is 0 Å². The van der Waals surface area contributed by atoms with Gasteiger partial charge in [0.25, 0.3) is 0 Å². The lowest BCUT2D eigenvalue weighted by Gasteiger charge is -2.30. The highest BCUT2D eigenvalue weighted by molar-refractivity contribution is 6.30. The van der Waals surface area contributed by atoms with Gasteiger partial charge in [0.2, 0.25) is 5.91 Å². The van der Waals surface area contributed by atoms with Gasteiger partial charge in [-0.2, -0.15) is 0 Å². The van der Waals surface area contributed by atoms with Gasteiger partial charge in [-0.05, 0) is 61.2 Å². The molecule has 6 heteroatoms. The summed E-state index contributed by atoms with van der Waals surface area (Å²) in [6.07, 6.45) is 6.45. The molecule has 1 heterocycles. The lowest BCUT2D eigenvalue weighted by atomic mass is 10.0. The zero-order valence-corrected chi connectivity index (χ0v) is 19.1. The Hall–Kier alpha value is -2.53. The SMILES string of the molecule is COC(=O)c1ccc(CC(=O)NC(C)c2cc(Cl)ccc2N2CCCCCCC2)cc1. The van der Waals surface area contributed by atoms with Gasteiger partial charge >= 0.3 is 5.97 Å². The number of nitrogens with zero attached hydrogens (tertiary/aromatic N) is 1. The summed E-state index contributed by atoms with van der Waals surface area (Å²) in [5.41, 5.74) is 3.51. The maximum absolute atomic E-state index is 12.7. The summed E-state index contributed by atoms with van der Waals surface area (Å²) in [7, 11) is 1.35. The number of rotatable bonds is 6. The zero-order valence-electron chi connectivity index (χ0n) is 18.3. The Bertz CT molecular complexity index is 890. The summed E-state index contributed by atoms with van der Waals surface area (Å²) in [6.45, 7) is 4.06. The molecule has 166 valence electrons. The molecule has 0 saturated carbocycles. The second kappa shape index (κ2) is 11.2. The van der Waals surface area contributed by atoms with E-state index in [9.17, 15) is 9.59 Å². The van der Waals surface area contributed by atoms with Gasteiger partial charge in [-0.3, -0.25) is 4.79 Å². The van der Waals surface area contributed by atoms with E-state index in [1.165, 1.54) is 39.2 Å². The Morgan fingerprint density at radius 3 is 2.32 bits per heavy atom. The quantitative estimate of drug-likeness (QED) is 0.615. The summed E-state index contributed by atoms with van der Waals surface area (Å²) in [4.78, 5) is 26.7.